The molecule has 0 saturated heterocycles. The van der Waals surface area contributed by atoms with Gasteiger partial charge in [-0.15, -0.1) is 0 Å². The summed E-state index contributed by atoms with van der Waals surface area (Å²) in [5.41, 5.74) is -0.774. The van der Waals surface area contributed by atoms with Crippen molar-refractivity contribution in [2.45, 2.75) is 31.5 Å². The summed E-state index contributed by atoms with van der Waals surface area (Å²) < 4.78 is 62.3. The van der Waals surface area contributed by atoms with Gasteiger partial charge in [0.2, 0.25) is 11.9 Å². The third kappa shape index (κ3) is 3.00. The summed E-state index contributed by atoms with van der Waals surface area (Å²) in [6, 6.07) is 3.04. The van der Waals surface area contributed by atoms with E-state index in [9.17, 15) is 17.6 Å². The number of hydrogen-bond donors (Lipinski definition) is 1. The van der Waals surface area contributed by atoms with Crippen molar-refractivity contribution in [3.05, 3.63) is 59.5 Å². The van der Waals surface area contributed by atoms with Gasteiger partial charge in [0.1, 0.15) is 0 Å². The molecule has 0 radical (unpaired) electrons. The zero-order valence-electron chi connectivity index (χ0n) is 14.6. The van der Waals surface area contributed by atoms with Gasteiger partial charge in [0.15, 0.2) is 0 Å². The van der Waals surface area contributed by atoms with Crippen LogP contribution in [-0.4, -0.2) is 34.6 Å². The first-order valence-electron chi connectivity index (χ1n) is 8.80. The van der Waals surface area contributed by atoms with Gasteiger partial charge < -0.3 is 5.32 Å². The van der Waals surface area contributed by atoms with Crippen molar-refractivity contribution < 1.29 is 18.9 Å². The Morgan fingerprint density at radius 2 is 2.12 bits per heavy atom. The number of aromatic nitrogens is 1. The third-order valence-corrected chi connectivity index (χ3v) is 4.59. The molecule has 3 aliphatic rings. The van der Waals surface area contributed by atoms with Gasteiger partial charge in [-0.25, -0.2) is 9.98 Å². The van der Waals surface area contributed by atoms with Gasteiger partial charge in [-0.3, -0.25) is 4.90 Å². The molecule has 26 heavy (non-hydrogen) atoms. The van der Waals surface area contributed by atoms with Crippen molar-refractivity contribution in [3.8, 4) is 0 Å². The van der Waals surface area contributed by atoms with E-state index in [0.717, 1.165) is 31.4 Å². The third-order valence-electron chi connectivity index (χ3n) is 4.59. The summed E-state index contributed by atoms with van der Waals surface area (Å²) >= 11 is 0. The molecule has 2 aliphatic heterocycles. The fraction of sp³-hybridized carbons (Fsp3) is 0.333. The Balaban J connectivity index is 1.82. The van der Waals surface area contributed by atoms with Crippen molar-refractivity contribution in [1.29, 1.82) is 0 Å². The molecule has 0 spiro atoms. The van der Waals surface area contributed by atoms with Crippen molar-refractivity contribution in [2.24, 2.45) is 4.99 Å². The Bertz CT molecular complexity index is 884. The van der Waals surface area contributed by atoms with Gasteiger partial charge in [-0.1, -0.05) is 0 Å². The summed E-state index contributed by atoms with van der Waals surface area (Å²) in [7, 11) is 0. The molecule has 1 aromatic rings. The average molecular weight is 365 g/mol. The van der Waals surface area contributed by atoms with Crippen LogP contribution in [0.4, 0.5) is 17.6 Å². The van der Waals surface area contributed by atoms with Crippen molar-refractivity contribution >= 4 is 11.5 Å². The number of fused-ring (bicyclic) bond motifs is 1. The number of pyridine rings is 1. The number of aliphatic imine (C=N–C) groups is 1. The van der Waals surface area contributed by atoms with Crippen molar-refractivity contribution in [1.82, 2.24) is 15.2 Å². The smallest absolute Gasteiger partial charge is 0.353 e. The van der Waals surface area contributed by atoms with E-state index in [4.69, 9.17) is 1.37 Å². The van der Waals surface area contributed by atoms with Crippen LogP contribution in [0.2, 0.25) is 0 Å². The molecule has 0 amide bonds. The molecule has 3 heterocycles. The zero-order chi connectivity index (χ0) is 19.2. The van der Waals surface area contributed by atoms with Gasteiger partial charge in [-0.2, -0.15) is 17.6 Å². The lowest BCUT2D eigenvalue weighted by molar-refractivity contribution is -0.0885. The number of allylic oxidation sites excluding steroid dienone is 3. The van der Waals surface area contributed by atoms with E-state index in [1.54, 1.807) is 0 Å². The van der Waals surface area contributed by atoms with Gasteiger partial charge in [0, 0.05) is 29.6 Å². The van der Waals surface area contributed by atoms with Crippen molar-refractivity contribution in [3.63, 3.8) is 0 Å². The number of rotatable bonds is 2. The van der Waals surface area contributed by atoms with E-state index in [2.05, 4.69) is 15.3 Å². The lowest BCUT2D eigenvalue weighted by Gasteiger charge is -2.36. The van der Waals surface area contributed by atoms with Crippen LogP contribution in [0.15, 0.2) is 52.9 Å². The second-order valence-corrected chi connectivity index (χ2v) is 6.28. The topological polar surface area (TPSA) is 40.5 Å². The Morgan fingerprint density at radius 1 is 1.31 bits per heavy atom. The largest absolute Gasteiger partial charge is 0.416 e. The summed E-state index contributed by atoms with van der Waals surface area (Å²) in [6.07, 6.45) is 2.76. The molecule has 1 aliphatic carbocycles. The normalized spacial score (nSPS) is 23.8. The first-order chi connectivity index (χ1) is 12.8. The molecule has 4 rings (SSSR count). The average Bonchev–Trinajstić information content (AvgIpc) is 2.58. The van der Waals surface area contributed by atoms with E-state index < -0.39 is 24.2 Å². The van der Waals surface area contributed by atoms with Crippen LogP contribution in [0.1, 0.15) is 26.2 Å². The molecule has 1 saturated carbocycles. The van der Waals surface area contributed by atoms with Crippen LogP contribution in [0.5, 0.6) is 0 Å². The number of alkyl halides is 3. The van der Waals surface area contributed by atoms with E-state index >= 15 is 0 Å². The van der Waals surface area contributed by atoms with Crippen LogP contribution >= 0.6 is 0 Å². The molecular weight excluding hydrogens is 348 g/mol. The molecule has 1 N–H and O–H groups in total. The second-order valence-electron chi connectivity index (χ2n) is 6.28. The number of nitrogens with one attached hydrogen (secondary N) is 1. The van der Waals surface area contributed by atoms with Gasteiger partial charge >= 0.3 is 6.18 Å². The maximum Gasteiger partial charge on any atom is 0.416 e. The first kappa shape index (κ1) is 15.6. The molecule has 0 bridgehead atoms. The number of halogens is 4. The van der Waals surface area contributed by atoms with Crippen LogP contribution in [-0.2, 0) is 0 Å². The quantitative estimate of drug-likeness (QED) is 0.641. The second kappa shape index (κ2) is 6.26. The molecule has 1 atom stereocenters. The summed E-state index contributed by atoms with van der Waals surface area (Å²) in [6.45, 7) is -1.27. The lowest BCUT2D eigenvalue weighted by Crippen LogP contribution is -2.48. The van der Waals surface area contributed by atoms with E-state index in [0.29, 0.717) is 5.96 Å². The zero-order valence-corrected chi connectivity index (χ0v) is 13.6. The summed E-state index contributed by atoms with van der Waals surface area (Å²) in [5, 5.41) is 3.18. The fourth-order valence-corrected chi connectivity index (χ4v) is 2.96. The Labute approximate surface area is 149 Å². The number of nitrogens with zero attached hydrogens (tertiary/aromatic N) is 3. The van der Waals surface area contributed by atoms with E-state index in [-0.39, 0.29) is 22.9 Å². The molecular formula is C18H16F4N4. The van der Waals surface area contributed by atoms with Gasteiger partial charge in [-0.05, 0) is 43.5 Å². The molecule has 1 aromatic heterocycles. The molecule has 0 aromatic carbocycles. The lowest BCUT2D eigenvalue weighted by atomic mass is 9.93. The van der Waals surface area contributed by atoms with E-state index in [1.807, 2.05) is 0 Å². The van der Waals surface area contributed by atoms with Gasteiger partial charge in [0.05, 0.1) is 19.2 Å². The first-order valence-corrected chi connectivity index (χ1v) is 8.22. The van der Waals surface area contributed by atoms with Crippen LogP contribution < -0.4 is 5.32 Å². The standard InChI is InChI=1S/C18H16F4N4/c19-16-13(5-2-7-23-16)14-10-24-17(25-12-3-1-4-12)26-8-6-11(9-15(14)26)18(20,21)22/h2,5-9,12H,1,3-4,10H2,(H,24,25)/i10D. The maximum atomic E-state index is 14.2. The minimum Gasteiger partial charge on any atom is -0.353 e. The SMILES string of the molecule is [2H]C1N=C(NC2CCC2)N2C=CC(C(F)(F)F)=CC2=C1c1cccnc1F. The molecule has 8 heteroatoms. The fourth-order valence-electron chi connectivity index (χ4n) is 2.96. The van der Waals surface area contributed by atoms with Crippen LogP contribution in [0.25, 0.3) is 5.57 Å². The number of hydrogen-bond acceptors (Lipinski definition) is 4. The predicted molar refractivity (Wildman–Crippen MR) is 89.3 cm³/mol. The van der Waals surface area contributed by atoms with Crippen molar-refractivity contribution in [2.75, 3.05) is 6.52 Å². The minimum absolute atomic E-state index is 0.0305. The maximum absolute atomic E-state index is 14.2. The molecule has 1 unspecified atom stereocenters. The highest BCUT2D eigenvalue weighted by molar-refractivity contribution is 5.91. The van der Waals surface area contributed by atoms with Gasteiger partial charge in [0.25, 0.3) is 0 Å². The highest BCUT2D eigenvalue weighted by Crippen LogP contribution is 2.36. The highest BCUT2D eigenvalue weighted by Gasteiger charge is 2.36. The highest BCUT2D eigenvalue weighted by atomic mass is 19.4. The molecule has 136 valence electrons. The Morgan fingerprint density at radius 3 is 2.77 bits per heavy atom. The van der Waals surface area contributed by atoms with E-state index in [1.165, 1.54) is 29.4 Å². The van der Waals surface area contributed by atoms with Crippen LogP contribution in [0, 0.1) is 5.95 Å². The Kier molecular flexibility index (Phi) is 3.76. The predicted octanol–water partition coefficient (Wildman–Crippen LogP) is 3.76. The molecule has 4 nitrogen and oxygen atoms in total. The summed E-state index contributed by atoms with van der Waals surface area (Å²) in [5.74, 6) is -0.546. The minimum atomic E-state index is -4.55. The Hall–Kier alpha value is -2.64. The monoisotopic (exact) mass is 365 g/mol. The number of guanidine groups is 1. The van der Waals surface area contributed by atoms with Crippen LogP contribution in [0.3, 0.4) is 0 Å². The summed E-state index contributed by atoms with van der Waals surface area (Å²) in [4.78, 5) is 9.26. The molecule has 1 fully saturated rings.